The molecule has 0 saturated heterocycles. The standard InChI is InChI=1S/C47H30N2O2/c1-3-13-31(14-4-1)33-25-27-37(28-26-33)49(41-21-11-9-19-38(41)36-24-23-32-15-7-8-18-35(32)29-36)45-44-43(51-47(48-44)34-16-5-2-6-17-34)30-40-39-20-10-12-22-42(39)50-46(40)45/h1-30H. The molecule has 240 valence electrons. The molecule has 0 amide bonds. The van der Waals surface area contributed by atoms with Crippen molar-refractivity contribution in [1.82, 2.24) is 4.98 Å². The number of fused-ring (bicyclic) bond motifs is 5. The Hall–Kier alpha value is -6.91. The average Bonchev–Trinajstić information content (AvgIpc) is 3.80. The normalized spacial score (nSPS) is 11.5. The van der Waals surface area contributed by atoms with Crippen LogP contribution in [0.25, 0.3) is 77.5 Å². The van der Waals surface area contributed by atoms with E-state index in [1.165, 1.54) is 10.8 Å². The molecule has 0 unspecified atom stereocenters. The first kappa shape index (κ1) is 29.0. The predicted octanol–water partition coefficient (Wildman–Crippen LogP) is 13.4. The number of hydrogen-bond donors (Lipinski definition) is 0. The number of aromatic nitrogens is 1. The van der Waals surface area contributed by atoms with Crippen LogP contribution < -0.4 is 4.90 Å². The van der Waals surface area contributed by atoms with Crippen LogP contribution in [0.15, 0.2) is 191 Å². The molecule has 8 aromatic carbocycles. The summed E-state index contributed by atoms with van der Waals surface area (Å²) in [6, 6.07) is 63.3. The van der Waals surface area contributed by atoms with E-state index in [-0.39, 0.29) is 0 Å². The van der Waals surface area contributed by atoms with Crippen LogP contribution in [-0.2, 0) is 0 Å². The van der Waals surface area contributed by atoms with Crippen LogP contribution in [-0.4, -0.2) is 4.98 Å². The fourth-order valence-corrected chi connectivity index (χ4v) is 7.23. The molecule has 0 aliphatic rings. The number of furan rings is 1. The highest BCUT2D eigenvalue weighted by Gasteiger charge is 2.27. The van der Waals surface area contributed by atoms with Gasteiger partial charge in [0.05, 0.1) is 5.69 Å². The lowest BCUT2D eigenvalue weighted by Gasteiger charge is -2.28. The minimum Gasteiger partial charge on any atom is -0.454 e. The van der Waals surface area contributed by atoms with E-state index >= 15 is 0 Å². The van der Waals surface area contributed by atoms with Crippen LogP contribution in [0.3, 0.4) is 0 Å². The smallest absolute Gasteiger partial charge is 0.227 e. The third-order valence-electron chi connectivity index (χ3n) is 9.68. The van der Waals surface area contributed by atoms with Crippen LogP contribution in [0.2, 0.25) is 0 Å². The third kappa shape index (κ3) is 4.96. The fourth-order valence-electron chi connectivity index (χ4n) is 7.23. The summed E-state index contributed by atoms with van der Waals surface area (Å²) in [4.78, 5) is 7.51. The van der Waals surface area contributed by atoms with Gasteiger partial charge in [-0.05, 0) is 76.0 Å². The lowest BCUT2D eigenvalue weighted by molar-refractivity contribution is 0.620. The van der Waals surface area contributed by atoms with E-state index in [9.17, 15) is 0 Å². The van der Waals surface area contributed by atoms with Crippen molar-refractivity contribution in [3.8, 4) is 33.7 Å². The van der Waals surface area contributed by atoms with Gasteiger partial charge in [-0.3, -0.25) is 0 Å². The minimum atomic E-state index is 0.561. The number of oxazole rings is 1. The first-order chi connectivity index (χ1) is 25.3. The highest BCUT2D eigenvalue weighted by atomic mass is 16.4. The van der Waals surface area contributed by atoms with Gasteiger partial charge in [-0.25, -0.2) is 4.98 Å². The monoisotopic (exact) mass is 654 g/mol. The van der Waals surface area contributed by atoms with Gasteiger partial charge in [0.25, 0.3) is 0 Å². The van der Waals surface area contributed by atoms with E-state index in [1.54, 1.807) is 0 Å². The molecule has 0 N–H and O–H groups in total. The predicted molar refractivity (Wildman–Crippen MR) is 210 cm³/mol. The quantitative estimate of drug-likeness (QED) is 0.179. The van der Waals surface area contributed by atoms with Gasteiger partial charge < -0.3 is 13.7 Å². The molecule has 0 fully saturated rings. The maximum atomic E-state index is 6.80. The molecule has 0 spiro atoms. The lowest BCUT2D eigenvalue weighted by atomic mass is 9.98. The fraction of sp³-hybridized carbons (Fsp3) is 0. The molecule has 0 aliphatic heterocycles. The van der Waals surface area contributed by atoms with Crippen molar-refractivity contribution >= 4 is 60.9 Å². The highest BCUT2D eigenvalue weighted by molar-refractivity contribution is 6.18. The molecule has 0 aliphatic carbocycles. The van der Waals surface area contributed by atoms with E-state index in [4.69, 9.17) is 13.8 Å². The van der Waals surface area contributed by atoms with Gasteiger partial charge in [0.1, 0.15) is 16.8 Å². The van der Waals surface area contributed by atoms with E-state index < -0.39 is 0 Å². The molecule has 0 saturated carbocycles. The zero-order chi connectivity index (χ0) is 33.7. The SMILES string of the molecule is c1ccc(-c2ccc(N(c3ccccc3-c3ccc4ccccc4c3)c3c4nc(-c5ccccc5)oc4cc4c3oc3ccccc34)cc2)cc1. The summed E-state index contributed by atoms with van der Waals surface area (Å²) >= 11 is 0. The molecule has 0 radical (unpaired) electrons. The molecule has 10 aromatic rings. The van der Waals surface area contributed by atoms with Crippen molar-refractivity contribution in [2.45, 2.75) is 0 Å². The number of hydrogen-bond acceptors (Lipinski definition) is 4. The first-order valence-corrected chi connectivity index (χ1v) is 17.1. The second-order valence-electron chi connectivity index (χ2n) is 12.8. The molecule has 10 rings (SSSR count). The van der Waals surface area contributed by atoms with Crippen LogP contribution in [0, 0.1) is 0 Å². The Morgan fingerprint density at radius 3 is 1.90 bits per heavy atom. The highest BCUT2D eigenvalue weighted by Crippen LogP contribution is 2.49. The lowest BCUT2D eigenvalue weighted by Crippen LogP contribution is -2.12. The van der Waals surface area contributed by atoms with Crippen molar-refractivity contribution in [2.24, 2.45) is 0 Å². The molecule has 2 aromatic heterocycles. The van der Waals surface area contributed by atoms with Crippen LogP contribution in [0.5, 0.6) is 0 Å². The number of benzene rings is 8. The molecule has 51 heavy (non-hydrogen) atoms. The summed E-state index contributed by atoms with van der Waals surface area (Å²) in [6.07, 6.45) is 0. The summed E-state index contributed by atoms with van der Waals surface area (Å²) in [7, 11) is 0. The van der Waals surface area contributed by atoms with Crippen molar-refractivity contribution in [3.63, 3.8) is 0 Å². The third-order valence-corrected chi connectivity index (χ3v) is 9.68. The van der Waals surface area contributed by atoms with E-state index in [0.29, 0.717) is 11.5 Å². The van der Waals surface area contributed by atoms with Crippen molar-refractivity contribution in [2.75, 3.05) is 4.90 Å². The largest absolute Gasteiger partial charge is 0.454 e. The summed E-state index contributed by atoms with van der Waals surface area (Å²) < 4.78 is 13.4. The topological polar surface area (TPSA) is 42.4 Å². The summed E-state index contributed by atoms with van der Waals surface area (Å²) in [6.45, 7) is 0. The Kier molecular flexibility index (Phi) is 6.78. The molecular weight excluding hydrogens is 625 g/mol. The molecule has 4 heteroatoms. The zero-order valence-corrected chi connectivity index (χ0v) is 27.5. The molecular formula is C47H30N2O2. The maximum Gasteiger partial charge on any atom is 0.227 e. The Morgan fingerprint density at radius 1 is 0.431 bits per heavy atom. The van der Waals surface area contributed by atoms with E-state index in [2.05, 4.69) is 132 Å². The average molecular weight is 655 g/mol. The number of para-hydroxylation sites is 2. The van der Waals surface area contributed by atoms with Gasteiger partial charge in [0, 0.05) is 27.6 Å². The van der Waals surface area contributed by atoms with Gasteiger partial charge in [-0.1, -0.05) is 133 Å². The molecule has 2 heterocycles. The van der Waals surface area contributed by atoms with Crippen LogP contribution in [0.4, 0.5) is 17.1 Å². The molecule has 0 atom stereocenters. The van der Waals surface area contributed by atoms with E-state index in [0.717, 1.165) is 72.3 Å². The second kappa shape index (κ2) is 11.9. The summed E-state index contributed by atoms with van der Waals surface area (Å²) in [5, 5.41) is 4.39. The second-order valence-corrected chi connectivity index (χ2v) is 12.8. The Bertz CT molecular complexity index is 2850. The summed E-state index contributed by atoms with van der Waals surface area (Å²) in [5.74, 6) is 0.561. The maximum absolute atomic E-state index is 6.80. The molecule has 4 nitrogen and oxygen atoms in total. The van der Waals surface area contributed by atoms with Gasteiger partial charge in [-0.15, -0.1) is 0 Å². The first-order valence-electron chi connectivity index (χ1n) is 17.1. The minimum absolute atomic E-state index is 0.561. The van der Waals surface area contributed by atoms with Gasteiger partial charge >= 0.3 is 0 Å². The molecule has 0 bridgehead atoms. The Morgan fingerprint density at radius 2 is 1.08 bits per heavy atom. The van der Waals surface area contributed by atoms with Crippen molar-refractivity contribution < 1.29 is 8.83 Å². The van der Waals surface area contributed by atoms with Crippen molar-refractivity contribution in [3.05, 3.63) is 182 Å². The van der Waals surface area contributed by atoms with Crippen molar-refractivity contribution in [1.29, 1.82) is 0 Å². The zero-order valence-electron chi connectivity index (χ0n) is 27.5. The number of nitrogens with zero attached hydrogens (tertiary/aromatic N) is 2. The number of rotatable bonds is 6. The van der Waals surface area contributed by atoms with E-state index in [1.807, 2.05) is 54.6 Å². The van der Waals surface area contributed by atoms with Gasteiger partial charge in [-0.2, -0.15) is 0 Å². The van der Waals surface area contributed by atoms with Gasteiger partial charge in [0.2, 0.25) is 5.89 Å². The number of anilines is 3. The van der Waals surface area contributed by atoms with Gasteiger partial charge in [0.15, 0.2) is 11.2 Å². The van der Waals surface area contributed by atoms with Crippen LogP contribution >= 0.6 is 0 Å². The summed E-state index contributed by atoms with van der Waals surface area (Å²) in [5.41, 5.74) is 11.2. The Balaban J connectivity index is 1.29. The Labute approximate surface area is 294 Å². The van der Waals surface area contributed by atoms with Crippen LogP contribution in [0.1, 0.15) is 0 Å².